The fourth-order valence-corrected chi connectivity index (χ4v) is 9.33. The van der Waals surface area contributed by atoms with E-state index in [1.807, 2.05) is 39.6 Å². The van der Waals surface area contributed by atoms with E-state index < -0.39 is 48.1 Å². The van der Waals surface area contributed by atoms with Crippen LogP contribution in [0.5, 0.6) is 5.75 Å². The second-order valence-corrected chi connectivity index (χ2v) is 18.0. The molecule has 1 saturated heterocycles. The number of ether oxygens (including phenoxy) is 1. The molecular weight excluding hydrogens is 775 g/mol. The summed E-state index contributed by atoms with van der Waals surface area (Å²) in [5, 5.41) is 25.9. The predicted molar refractivity (Wildman–Crippen MR) is 227 cm³/mol. The van der Waals surface area contributed by atoms with Gasteiger partial charge in [0.05, 0.1) is 17.8 Å². The van der Waals surface area contributed by atoms with Gasteiger partial charge in [-0.25, -0.2) is 0 Å². The third-order valence-electron chi connectivity index (χ3n) is 10.6. The van der Waals surface area contributed by atoms with Gasteiger partial charge in [0, 0.05) is 36.9 Å². The van der Waals surface area contributed by atoms with Gasteiger partial charge in [0.1, 0.15) is 22.9 Å². The molecule has 1 aromatic rings. The van der Waals surface area contributed by atoms with Crippen LogP contribution >= 0.6 is 36.2 Å². The highest BCUT2D eigenvalue weighted by Gasteiger charge is 2.40. The van der Waals surface area contributed by atoms with Crippen molar-refractivity contribution in [1.82, 2.24) is 20.4 Å². The van der Waals surface area contributed by atoms with Crippen LogP contribution in [-0.4, -0.2) is 128 Å². The van der Waals surface area contributed by atoms with Gasteiger partial charge < -0.3 is 30.5 Å². The minimum Gasteiger partial charge on any atom is -0.508 e. The number of aliphatic imine (C=N–C) groups is 1. The number of hydrogen-bond acceptors (Lipinski definition) is 12. The molecule has 16 heteroatoms. The Labute approximate surface area is 346 Å². The van der Waals surface area contributed by atoms with Gasteiger partial charge in [-0.1, -0.05) is 59.6 Å². The van der Waals surface area contributed by atoms with Crippen LogP contribution < -0.4 is 10.6 Å². The number of thiol groups is 1. The maximum atomic E-state index is 14.7. The zero-order chi connectivity index (χ0) is 41.5. The summed E-state index contributed by atoms with van der Waals surface area (Å²) in [6, 6.07) is 3.78. The van der Waals surface area contributed by atoms with E-state index in [-0.39, 0.29) is 54.2 Å². The van der Waals surface area contributed by atoms with E-state index in [1.165, 1.54) is 18.7 Å². The summed E-state index contributed by atoms with van der Waals surface area (Å²) in [4.78, 5) is 75.0. The first-order valence-electron chi connectivity index (χ1n) is 19.7. The smallest absolute Gasteiger partial charge is 0.306 e. The lowest BCUT2D eigenvalue weighted by Crippen LogP contribution is -2.59. The number of carboxylic acids is 1. The lowest BCUT2D eigenvalue weighted by Gasteiger charge is -2.40. The highest BCUT2D eigenvalue weighted by atomic mass is 32.2. The number of carboxylic acid groups (broad SMARTS) is 1. The molecule has 1 fully saturated rings. The summed E-state index contributed by atoms with van der Waals surface area (Å²) in [6.07, 6.45) is 3.36. The number of aliphatic carboxylic acids is 1. The maximum absolute atomic E-state index is 14.7. The molecule has 0 spiro atoms. The molecule has 314 valence electrons. The molecule has 0 aliphatic carbocycles. The second kappa shape index (κ2) is 23.5. The summed E-state index contributed by atoms with van der Waals surface area (Å²) in [5.74, 6) is -1.04. The number of phenols is 1. The van der Waals surface area contributed by atoms with Gasteiger partial charge in [0.15, 0.2) is 6.10 Å². The Hall–Kier alpha value is -2.95. The number of carbonyl (C=O) groups excluding carboxylic acids is 4. The number of rotatable bonds is 22. The maximum Gasteiger partial charge on any atom is 0.306 e. The molecule has 13 nitrogen and oxygen atoms in total. The Morgan fingerprint density at radius 3 is 2.36 bits per heavy atom. The molecule has 2 aliphatic heterocycles. The third-order valence-corrected chi connectivity index (χ3v) is 13.2. The number of hydrogen-bond donors (Lipinski definition) is 5. The van der Waals surface area contributed by atoms with Crippen molar-refractivity contribution >= 4 is 70.9 Å². The van der Waals surface area contributed by atoms with Gasteiger partial charge in [-0.2, -0.15) is 12.6 Å². The van der Waals surface area contributed by atoms with Crippen LogP contribution in [0.2, 0.25) is 0 Å². The lowest BCUT2D eigenvalue weighted by molar-refractivity contribution is -0.146. The average molecular weight is 838 g/mol. The molecule has 0 bridgehead atoms. The molecule has 3 rings (SSSR count). The topological polar surface area (TPSA) is 178 Å². The van der Waals surface area contributed by atoms with E-state index in [0.29, 0.717) is 41.0 Å². The number of piperidine rings is 1. The molecule has 2 aliphatic rings. The van der Waals surface area contributed by atoms with Crippen molar-refractivity contribution in [2.45, 2.75) is 123 Å². The molecule has 3 amide bonds. The lowest BCUT2D eigenvalue weighted by atomic mass is 9.92. The average Bonchev–Trinajstić information content (AvgIpc) is 3.65. The Kier molecular flexibility index (Phi) is 19.9. The van der Waals surface area contributed by atoms with Crippen molar-refractivity contribution in [3.05, 3.63) is 29.8 Å². The summed E-state index contributed by atoms with van der Waals surface area (Å²) >= 11 is 7.29. The normalized spacial score (nSPS) is 20.6. The van der Waals surface area contributed by atoms with Crippen molar-refractivity contribution in [1.29, 1.82) is 0 Å². The summed E-state index contributed by atoms with van der Waals surface area (Å²) in [6.45, 7) is 11.7. The number of carbonyl (C=O) groups is 5. The van der Waals surface area contributed by atoms with Gasteiger partial charge in [0.25, 0.3) is 0 Å². The zero-order valence-electron chi connectivity index (χ0n) is 33.9. The first-order valence-corrected chi connectivity index (χ1v) is 22.5. The Bertz CT molecular complexity index is 1500. The van der Waals surface area contributed by atoms with Crippen LogP contribution in [0.4, 0.5) is 0 Å². The summed E-state index contributed by atoms with van der Waals surface area (Å²) < 4.78 is 5.89. The van der Waals surface area contributed by atoms with E-state index >= 15 is 0 Å². The number of phenolic OH excluding ortho intramolecular Hbond substituents is 1. The highest BCUT2D eigenvalue weighted by molar-refractivity contribution is 8.14. The molecule has 2 heterocycles. The van der Waals surface area contributed by atoms with Gasteiger partial charge in [-0.3, -0.25) is 33.9 Å². The standard InChI is InChI=1S/C40H63N5O8S3/c1-8-25(4)35(43-37(49)32-11-9-10-16-44(32)7)39(50)45(23-55-18-17-54)33(24(2)3)21-34(53-27(6)46)38-42-31(22-56-38)36(48)41-29(19-26(5)40(51)52)20-28-12-14-30(47)15-13-28/h12-15,24-26,29,31-35,47,54H,8-11,16-23H2,1-7H3,(H,41,48)(H,43,49)(H,51,52)/t25?,26-,29+,31?,32+,33+,34+,35-/m0/s1. The number of nitrogens with zero attached hydrogens (tertiary/aromatic N) is 3. The van der Waals surface area contributed by atoms with Crippen molar-refractivity contribution in [2.75, 3.05) is 36.7 Å². The first kappa shape index (κ1) is 47.4. The van der Waals surface area contributed by atoms with Gasteiger partial charge in [0.2, 0.25) is 17.7 Å². The van der Waals surface area contributed by atoms with E-state index in [2.05, 4.69) is 28.2 Å². The van der Waals surface area contributed by atoms with Crippen LogP contribution in [-0.2, 0) is 35.1 Å². The van der Waals surface area contributed by atoms with E-state index in [9.17, 15) is 34.2 Å². The van der Waals surface area contributed by atoms with Crippen LogP contribution in [0.1, 0.15) is 85.6 Å². The van der Waals surface area contributed by atoms with Crippen LogP contribution in [0.15, 0.2) is 29.3 Å². The van der Waals surface area contributed by atoms with Crippen LogP contribution in [0.3, 0.4) is 0 Å². The molecule has 56 heavy (non-hydrogen) atoms. The number of thioether (sulfide) groups is 2. The predicted octanol–water partition coefficient (Wildman–Crippen LogP) is 4.85. The Balaban J connectivity index is 1.89. The highest BCUT2D eigenvalue weighted by Crippen LogP contribution is 2.30. The number of amides is 3. The van der Waals surface area contributed by atoms with E-state index in [0.717, 1.165) is 31.4 Å². The minimum absolute atomic E-state index is 0.0747. The first-order chi connectivity index (χ1) is 26.6. The van der Waals surface area contributed by atoms with Crippen LogP contribution in [0, 0.1) is 17.8 Å². The van der Waals surface area contributed by atoms with E-state index in [4.69, 9.17) is 9.73 Å². The van der Waals surface area contributed by atoms with E-state index in [1.54, 1.807) is 43.0 Å². The second-order valence-electron chi connectivity index (χ2n) is 15.4. The van der Waals surface area contributed by atoms with Gasteiger partial charge in [-0.15, -0.1) is 23.5 Å². The number of likely N-dealkylation sites (tertiary alicyclic amines) is 1. The fourth-order valence-electron chi connectivity index (χ4n) is 7.08. The molecular formula is C40H63N5O8S3. The number of benzene rings is 1. The van der Waals surface area contributed by atoms with Crippen molar-refractivity contribution in [3.8, 4) is 5.75 Å². The number of aromatic hydroxyl groups is 1. The van der Waals surface area contributed by atoms with Crippen molar-refractivity contribution in [2.24, 2.45) is 22.7 Å². The monoisotopic (exact) mass is 837 g/mol. The van der Waals surface area contributed by atoms with Gasteiger partial charge in [-0.05, 0) is 74.6 Å². The van der Waals surface area contributed by atoms with Crippen molar-refractivity contribution < 1.29 is 38.9 Å². The SMILES string of the molecule is CCC(C)[C@H](NC(=O)[C@H]1CCCCN1C)C(=O)N(CSCCS)[C@H](C[C@@H](OC(C)=O)C1=NC(C(=O)N[C@@H](Cc2ccc(O)cc2)C[C@H](C)C(=O)O)CS1)C(C)C. The van der Waals surface area contributed by atoms with Gasteiger partial charge >= 0.3 is 11.9 Å². The number of nitrogens with one attached hydrogen (secondary N) is 2. The third kappa shape index (κ3) is 14.5. The minimum atomic E-state index is -0.971. The van der Waals surface area contributed by atoms with Crippen molar-refractivity contribution in [3.63, 3.8) is 0 Å². The van der Waals surface area contributed by atoms with Crippen LogP contribution in [0.25, 0.3) is 0 Å². The zero-order valence-corrected chi connectivity index (χ0v) is 36.5. The Morgan fingerprint density at radius 2 is 1.77 bits per heavy atom. The molecule has 1 aromatic carbocycles. The molecule has 2 unspecified atom stereocenters. The molecule has 0 radical (unpaired) electrons. The molecule has 0 saturated carbocycles. The number of likely N-dealkylation sites (N-methyl/N-ethyl adjacent to an activating group) is 1. The summed E-state index contributed by atoms with van der Waals surface area (Å²) in [7, 11) is 1.95. The quantitative estimate of drug-likeness (QED) is 0.0467. The summed E-state index contributed by atoms with van der Waals surface area (Å²) in [5.41, 5.74) is 0.827. The Morgan fingerprint density at radius 1 is 1.07 bits per heavy atom. The number of esters is 1. The molecule has 8 atom stereocenters. The largest absolute Gasteiger partial charge is 0.508 e. The molecule has 4 N–H and O–H groups in total. The molecule has 0 aromatic heterocycles. The fraction of sp³-hybridized carbons (Fsp3) is 0.700.